The minimum absolute atomic E-state index is 0.114. The van der Waals surface area contributed by atoms with E-state index in [1.165, 1.54) is 29.5 Å². The molecule has 5 rings (SSSR count). The fourth-order valence-electron chi connectivity index (χ4n) is 4.76. The molecular weight excluding hydrogens is 573 g/mol. The molecule has 228 valence electrons. The highest BCUT2D eigenvalue weighted by atomic mass is 19.1. The summed E-state index contributed by atoms with van der Waals surface area (Å²) in [5, 5.41) is 8.82. The lowest BCUT2D eigenvalue weighted by molar-refractivity contribution is -0.138. The number of carbonyl (C=O) groups is 1. The smallest absolute Gasteiger partial charge is 0.337 e. The summed E-state index contributed by atoms with van der Waals surface area (Å²) < 4.78 is 20.9. The van der Waals surface area contributed by atoms with Crippen molar-refractivity contribution in [1.29, 1.82) is 0 Å². The summed E-state index contributed by atoms with van der Waals surface area (Å²) in [7, 11) is 0. The third-order valence-corrected chi connectivity index (χ3v) is 6.90. The molecule has 1 N–H and O–H groups in total. The molecule has 3 heterocycles. The molecule has 4 aromatic rings. The molecule has 0 saturated heterocycles. The van der Waals surface area contributed by atoms with Crippen LogP contribution in [0.25, 0.3) is 5.82 Å². The van der Waals surface area contributed by atoms with Crippen LogP contribution in [0.5, 0.6) is 0 Å². The summed E-state index contributed by atoms with van der Waals surface area (Å²) >= 11 is 0. The molecule has 0 spiro atoms. The minimum Gasteiger partial charge on any atom is -0.463 e. The van der Waals surface area contributed by atoms with Gasteiger partial charge in [-0.05, 0) is 49.2 Å². The van der Waals surface area contributed by atoms with Gasteiger partial charge in [0.2, 0.25) is 0 Å². The number of ether oxygens (including phenoxy) is 1. The Morgan fingerprint density at radius 2 is 1.67 bits per heavy atom. The van der Waals surface area contributed by atoms with Gasteiger partial charge in [0, 0.05) is 38.3 Å². The van der Waals surface area contributed by atoms with E-state index in [1.54, 1.807) is 32.1 Å². The van der Waals surface area contributed by atoms with E-state index < -0.39 is 17.3 Å². The number of benzene rings is 2. The van der Waals surface area contributed by atoms with Crippen LogP contribution >= 0.6 is 0 Å². The topological polar surface area (TPSA) is 104 Å². The van der Waals surface area contributed by atoms with Gasteiger partial charge in [0.25, 0.3) is 5.56 Å². The molecule has 0 saturated carbocycles. The zero-order valence-electron chi connectivity index (χ0n) is 24.9. The highest BCUT2D eigenvalue weighted by Crippen LogP contribution is 2.29. The Labute approximate surface area is 260 Å². The van der Waals surface area contributed by atoms with Crippen LogP contribution in [0.15, 0.2) is 136 Å². The number of carbonyl (C=O) groups excluding carboxylic acids is 1. The van der Waals surface area contributed by atoms with Crippen LogP contribution in [0.4, 0.5) is 10.1 Å². The predicted octanol–water partition coefficient (Wildman–Crippen LogP) is 5.45. The number of anilines is 1. The minimum atomic E-state index is -0.644. The standard InChI is InChI=1S/C34H32FN7O3/c1-4-45-34(44)24(2)31-39-29(38-28-18-12-20-41(33(28)43)32-27(35)17-11-19-37-32)21-30(42(31)36-3)40(22-25-13-7-5-8-14-25)23-26-15-9-6-10-16-26/h5-21H,3-4,22-23H2,1-2H3,(H,38,39)/b31-24+. The first-order valence-corrected chi connectivity index (χ1v) is 14.3. The SMILES string of the molecule is C=NN1C(N(Cc2ccccc2)Cc2ccccc2)=CC(Nc2cccn(-c3ncccc3F)c2=O)=N/C1=C(/C)C(=O)OCC. The van der Waals surface area contributed by atoms with Crippen molar-refractivity contribution in [2.24, 2.45) is 10.1 Å². The number of nitrogens with zero attached hydrogens (tertiary/aromatic N) is 6. The van der Waals surface area contributed by atoms with Gasteiger partial charge in [0.05, 0.1) is 12.2 Å². The van der Waals surface area contributed by atoms with Crippen molar-refractivity contribution in [3.05, 3.63) is 148 Å². The van der Waals surface area contributed by atoms with Gasteiger partial charge in [-0.25, -0.2) is 19.2 Å². The fraction of sp³-hybridized carbons (Fsp3) is 0.147. The average Bonchev–Trinajstić information content (AvgIpc) is 3.06. The molecule has 45 heavy (non-hydrogen) atoms. The fourth-order valence-corrected chi connectivity index (χ4v) is 4.76. The van der Waals surface area contributed by atoms with Crippen molar-refractivity contribution >= 4 is 24.2 Å². The number of halogens is 1. The van der Waals surface area contributed by atoms with E-state index in [1.807, 2.05) is 60.7 Å². The van der Waals surface area contributed by atoms with Crippen molar-refractivity contribution in [3.8, 4) is 5.82 Å². The maximum Gasteiger partial charge on any atom is 0.337 e. The monoisotopic (exact) mass is 605 g/mol. The van der Waals surface area contributed by atoms with Crippen molar-refractivity contribution in [2.45, 2.75) is 26.9 Å². The van der Waals surface area contributed by atoms with Gasteiger partial charge >= 0.3 is 5.97 Å². The van der Waals surface area contributed by atoms with E-state index in [9.17, 15) is 14.0 Å². The third-order valence-electron chi connectivity index (χ3n) is 6.90. The molecular formula is C34H32FN7O3. The number of esters is 1. The summed E-state index contributed by atoms with van der Waals surface area (Å²) in [6, 6.07) is 25.7. The third kappa shape index (κ3) is 7.04. The number of hydrazone groups is 1. The second-order valence-corrected chi connectivity index (χ2v) is 9.98. The second kappa shape index (κ2) is 14.1. The zero-order chi connectivity index (χ0) is 31.8. The van der Waals surface area contributed by atoms with Crippen LogP contribution in [-0.2, 0) is 22.6 Å². The number of rotatable bonds is 10. The Hall–Kier alpha value is -5.84. The molecule has 0 amide bonds. The summed E-state index contributed by atoms with van der Waals surface area (Å²) in [4.78, 5) is 37.2. The van der Waals surface area contributed by atoms with Crippen molar-refractivity contribution in [3.63, 3.8) is 0 Å². The van der Waals surface area contributed by atoms with Gasteiger partial charge in [-0.15, -0.1) is 0 Å². The van der Waals surface area contributed by atoms with E-state index >= 15 is 0 Å². The number of hydrogen-bond acceptors (Lipinski definition) is 9. The van der Waals surface area contributed by atoms with Crippen molar-refractivity contribution in [2.75, 3.05) is 11.9 Å². The van der Waals surface area contributed by atoms with Crippen LogP contribution in [0, 0.1) is 5.82 Å². The molecule has 0 unspecified atom stereocenters. The van der Waals surface area contributed by atoms with Crippen LogP contribution in [0.3, 0.4) is 0 Å². The lowest BCUT2D eigenvalue weighted by Gasteiger charge is -2.36. The van der Waals surface area contributed by atoms with Crippen molar-refractivity contribution in [1.82, 2.24) is 19.5 Å². The number of aromatic nitrogens is 2. The van der Waals surface area contributed by atoms with Gasteiger partial charge in [0.1, 0.15) is 17.3 Å². The lowest BCUT2D eigenvalue weighted by Crippen LogP contribution is -2.37. The number of amidine groups is 1. The number of pyridine rings is 2. The molecule has 2 aromatic carbocycles. The summed E-state index contributed by atoms with van der Waals surface area (Å²) in [5.74, 6) is -0.399. The van der Waals surface area contributed by atoms with Crippen LogP contribution in [-0.4, -0.2) is 44.6 Å². The largest absolute Gasteiger partial charge is 0.463 e. The molecule has 0 bridgehead atoms. The second-order valence-electron chi connectivity index (χ2n) is 9.98. The number of nitrogens with one attached hydrogen (secondary N) is 1. The van der Waals surface area contributed by atoms with E-state index in [4.69, 9.17) is 4.74 Å². The molecule has 2 aromatic heterocycles. The lowest BCUT2D eigenvalue weighted by atomic mass is 10.1. The molecule has 10 nitrogen and oxygen atoms in total. The Balaban J connectivity index is 1.63. The van der Waals surface area contributed by atoms with Gasteiger partial charge < -0.3 is 15.0 Å². The Kier molecular flexibility index (Phi) is 9.58. The van der Waals surface area contributed by atoms with E-state index in [-0.39, 0.29) is 35.3 Å². The normalized spacial score (nSPS) is 13.8. The first-order valence-electron chi connectivity index (χ1n) is 14.3. The number of hydrogen-bond donors (Lipinski definition) is 1. The van der Waals surface area contributed by atoms with E-state index in [2.05, 4.69) is 32.0 Å². The molecule has 1 aliphatic heterocycles. The molecule has 0 radical (unpaired) electrons. The molecule has 11 heteroatoms. The summed E-state index contributed by atoms with van der Waals surface area (Å²) in [6.07, 6.45) is 4.57. The quantitative estimate of drug-likeness (QED) is 0.146. The molecule has 1 aliphatic rings. The van der Waals surface area contributed by atoms with Gasteiger partial charge in [0.15, 0.2) is 17.5 Å². The highest BCUT2D eigenvalue weighted by Gasteiger charge is 2.29. The maximum absolute atomic E-state index is 14.6. The average molecular weight is 606 g/mol. The van der Waals surface area contributed by atoms with Crippen LogP contribution in [0.1, 0.15) is 25.0 Å². The zero-order valence-corrected chi connectivity index (χ0v) is 24.9. The van der Waals surface area contributed by atoms with E-state index in [0.717, 1.165) is 15.7 Å². The Bertz CT molecular complexity index is 1790. The predicted molar refractivity (Wildman–Crippen MR) is 172 cm³/mol. The van der Waals surface area contributed by atoms with Gasteiger partial charge in [-0.2, -0.15) is 10.1 Å². The molecule has 0 fully saturated rings. The van der Waals surface area contributed by atoms with E-state index in [0.29, 0.717) is 18.9 Å². The first kappa shape index (κ1) is 30.6. The maximum atomic E-state index is 14.6. The Morgan fingerprint density at radius 1 is 1.00 bits per heavy atom. The molecule has 0 aliphatic carbocycles. The van der Waals surface area contributed by atoms with Crippen LogP contribution < -0.4 is 10.9 Å². The molecule has 0 atom stereocenters. The van der Waals surface area contributed by atoms with Gasteiger partial charge in [-0.1, -0.05) is 60.7 Å². The highest BCUT2D eigenvalue weighted by molar-refractivity contribution is 6.05. The summed E-state index contributed by atoms with van der Waals surface area (Å²) in [5.41, 5.74) is 1.82. The Morgan fingerprint density at radius 3 is 2.27 bits per heavy atom. The number of aliphatic imine (C=N–C) groups is 1. The van der Waals surface area contributed by atoms with Crippen LogP contribution in [0.2, 0.25) is 0 Å². The van der Waals surface area contributed by atoms with Crippen molar-refractivity contribution < 1.29 is 13.9 Å². The summed E-state index contributed by atoms with van der Waals surface area (Å²) in [6.45, 7) is 8.21. The van der Waals surface area contributed by atoms with Gasteiger partial charge in [-0.3, -0.25) is 9.36 Å². The first-order chi connectivity index (χ1) is 21.9.